The summed E-state index contributed by atoms with van der Waals surface area (Å²) in [5.74, 6) is -3.26. The predicted octanol–water partition coefficient (Wildman–Crippen LogP) is 3.96. The van der Waals surface area contributed by atoms with Gasteiger partial charge in [-0.2, -0.15) is 0 Å². The molecule has 0 radical (unpaired) electrons. The molecule has 0 bridgehead atoms. The van der Waals surface area contributed by atoms with Crippen molar-refractivity contribution in [1.82, 2.24) is 0 Å². The van der Waals surface area contributed by atoms with Gasteiger partial charge in [0.25, 0.3) is 6.43 Å². The van der Waals surface area contributed by atoms with E-state index < -0.39 is 24.2 Å². The van der Waals surface area contributed by atoms with Gasteiger partial charge in [0.1, 0.15) is 0 Å². The summed E-state index contributed by atoms with van der Waals surface area (Å²) < 4.78 is 38.6. The minimum absolute atomic E-state index is 0.0923. The zero-order valence-corrected chi connectivity index (χ0v) is 11.5. The van der Waals surface area contributed by atoms with E-state index in [9.17, 15) is 22.8 Å². The number of alkyl halides is 3. The summed E-state index contributed by atoms with van der Waals surface area (Å²) in [7, 11) is 0. The topological polar surface area (TPSA) is 34.1 Å². The van der Waals surface area contributed by atoms with Crippen molar-refractivity contribution >= 4 is 38.3 Å². The molecule has 0 aromatic heterocycles. The van der Waals surface area contributed by atoms with Crippen LogP contribution in [0.4, 0.5) is 13.2 Å². The van der Waals surface area contributed by atoms with Gasteiger partial charge in [0.15, 0.2) is 0 Å². The highest BCUT2D eigenvalue weighted by atomic mass is 79.9. The Morgan fingerprint density at radius 3 is 2.15 bits per heavy atom. The SMILES string of the molecule is O=C(c1ccc(Br)c2ccccc12)C(F)C(=O)C(F)F. The van der Waals surface area contributed by atoms with Crippen LogP contribution in [0.3, 0.4) is 0 Å². The van der Waals surface area contributed by atoms with Crippen LogP contribution in [-0.2, 0) is 4.79 Å². The molecule has 1 atom stereocenters. The maximum absolute atomic E-state index is 13.6. The van der Waals surface area contributed by atoms with Crippen LogP contribution in [-0.4, -0.2) is 24.2 Å². The molecular formula is C14H8BrF3O2. The van der Waals surface area contributed by atoms with Crippen LogP contribution >= 0.6 is 15.9 Å². The van der Waals surface area contributed by atoms with Crippen molar-refractivity contribution in [2.45, 2.75) is 12.6 Å². The molecule has 0 N–H and O–H groups in total. The van der Waals surface area contributed by atoms with Gasteiger partial charge in [0.2, 0.25) is 17.7 Å². The van der Waals surface area contributed by atoms with E-state index in [-0.39, 0.29) is 5.56 Å². The van der Waals surface area contributed by atoms with Gasteiger partial charge >= 0.3 is 0 Å². The Bertz CT molecular complexity index is 685. The van der Waals surface area contributed by atoms with Crippen LogP contribution < -0.4 is 0 Å². The third-order valence-electron chi connectivity index (χ3n) is 2.83. The molecule has 0 amide bonds. The molecule has 2 aromatic rings. The smallest absolute Gasteiger partial charge is 0.290 e. The van der Waals surface area contributed by atoms with Gasteiger partial charge in [-0.1, -0.05) is 40.2 Å². The number of carbonyl (C=O) groups is 2. The largest absolute Gasteiger partial charge is 0.299 e. The zero-order valence-electron chi connectivity index (χ0n) is 9.95. The number of carbonyl (C=O) groups excluding carboxylic acids is 2. The van der Waals surface area contributed by atoms with E-state index >= 15 is 0 Å². The Labute approximate surface area is 120 Å². The summed E-state index contributed by atoms with van der Waals surface area (Å²) in [5, 5.41) is 1.03. The van der Waals surface area contributed by atoms with Crippen molar-refractivity contribution in [3.8, 4) is 0 Å². The van der Waals surface area contributed by atoms with E-state index in [1.165, 1.54) is 12.1 Å². The quantitative estimate of drug-likeness (QED) is 0.621. The fraction of sp³-hybridized carbons (Fsp3) is 0.143. The van der Waals surface area contributed by atoms with Crippen LogP contribution in [0.25, 0.3) is 10.8 Å². The lowest BCUT2D eigenvalue weighted by Crippen LogP contribution is -2.31. The number of hydrogen-bond acceptors (Lipinski definition) is 2. The first kappa shape index (κ1) is 14.7. The standard InChI is InChI=1S/C14H8BrF3O2/c15-10-6-5-9(7-3-1-2-4-8(7)10)12(19)11(16)13(20)14(17)18/h1-6,11,14H. The molecule has 0 heterocycles. The van der Waals surface area contributed by atoms with E-state index in [0.29, 0.717) is 15.2 Å². The van der Waals surface area contributed by atoms with Gasteiger partial charge in [-0.05, 0) is 22.9 Å². The molecule has 1 unspecified atom stereocenters. The van der Waals surface area contributed by atoms with Crippen LogP contribution in [0.5, 0.6) is 0 Å². The van der Waals surface area contributed by atoms with Gasteiger partial charge in [0.05, 0.1) is 0 Å². The Morgan fingerprint density at radius 1 is 0.950 bits per heavy atom. The molecule has 0 saturated heterocycles. The Kier molecular flexibility index (Phi) is 4.23. The van der Waals surface area contributed by atoms with Crippen molar-refractivity contribution in [3.05, 3.63) is 46.4 Å². The maximum atomic E-state index is 13.6. The normalized spacial score (nSPS) is 12.7. The summed E-state index contributed by atoms with van der Waals surface area (Å²) in [4.78, 5) is 22.8. The Morgan fingerprint density at radius 2 is 1.55 bits per heavy atom. The molecule has 0 aliphatic carbocycles. The molecule has 0 saturated carbocycles. The second-order valence-corrected chi connectivity index (χ2v) is 4.92. The molecule has 20 heavy (non-hydrogen) atoms. The number of rotatable bonds is 4. The van der Waals surface area contributed by atoms with Crippen molar-refractivity contribution in [2.24, 2.45) is 0 Å². The van der Waals surface area contributed by atoms with Crippen LogP contribution in [0.15, 0.2) is 40.9 Å². The molecule has 6 heteroatoms. The number of ketones is 2. The van der Waals surface area contributed by atoms with E-state index in [1.54, 1.807) is 24.3 Å². The summed E-state index contributed by atoms with van der Waals surface area (Å²) in [5.41, 5.74) is -0.0923. The van der Waals surface area contributed by atoms with Gasteiger partial charge < -0.3 is 0 Å². The Hall–Kier alpha value is -1.69. The highest BCUT2D eigenvalue weighted by Gasteiger charge is 2.33. The van der Waals surface area contributed by atoms with E-state index in [0.717, 1.165) is 0 Å². The number of fused-ring (bicyclic) bond motifs is 1. The zero-order chi connectivity index (χ0) is 14.9. The van der Waals surface area contributed by atoms with Crippen molar-refractivity contribution in [2.75, 3.05) is 0 Å². The summed E-state index contributed by atoms with van der Waals surface area (Å²) in [6.07, 6.45) is -6.35. The highest BCUT2D eigenvalue weighted by molar-refractivity contribution is 9.10. The van der Waals surface area contributed by atoms with Crippen molar-refractivity contribution < 1.29 is 22.8 Å². The fourth-order valence-corrected chi connectivity index (χ4v) is 2.33. The van der Waals surface area contributed by atoms with Gasteiger partial charge in [-0.3, -0.25) is 9.59 Å². The lowest BCUT2D eigenvalue weighted by Gasteiger charge is -2.10. The molecular weight excluding hydrogens is 337 g/mol. The third kappa shape index (κ3) is 2.60. The Balaban J connectivity index is 2.51. The van der Waals surface area contributed by atoms with Crippen molar-refractivity contribution in [1.29, 1.82) is 0 Å². The summed E-state index contributed by atoms with van der Waals surface area (Å²) in [6.45, 7) is 0. The summed E-state index contributed by atoms with van der Waals surface area (Å²) >= 11 is 3.28. The van der Waals surface area contributed by atoms with Crippen LogP contribution in [0.2, 0.25) is 0 Å². The minimum Gasteiger partial charge on any atom is -0.290 e. The molecule has 0 spiro atoms. The van der Waals surface area contributed by atoms with Crippen LogP contribution in [0, 0.1) is 0 Å². The molecule has 104 valence electrons. The minimum atomic E-state index is -3.50. The number of halogens is 4. The molecule has 2 rings (SSSR count). The van der Waals surface area contributed by atoms with Crippen molar-refractivity contribution in [3.63, 3.8) is 0 Å². The average Bonchev–Trinajstić information content (AvgIpc) is 2.45. The second-order valence-electron chi connectivity index (χ2n) is 4.07. The number of hydrogen-bond donors (Lipinski definition) is 0. The first-order valence-electron chi connectivity index (χ1n) is 5.61. The lowest BCUT2D eigenvalue weighted by atomic mass is 9.98. The predicted molar refractivity (Wildman–Crippen MR) is 71.9 cm³/mol. The average molecular weight is 345 g/mol. The fourth-order valence-electron chi connectivity index (χ4n) is 1.85. The molecule has 2 aromatic carbocycles. The summed E-state index contributed by atoms with van der Waals surface area (Å²) in [6, 6.07) is 9.42. The molecule has 2 nitrogen and oxygen atoms in total. The first-order chi connectivity index (χ1) is 9.43. The van der Waals surface area contributed by atoms with Gasteiger partial charge in [-0.25, -0.2) is 13.2 Å². The van der Waals surface area contributed by atoms with E-state index in [2.05, 4.69) is 15.9 Å². The van der Waals surface area contributed by atoms with E-state index in [4.69, 9.17) is 0 Å². The monoisotopic (exact) mass is 344 g/mol. The third-order valence-corrected chi connectivity index (χ3v) is 3.52. The number of benzene rings is 2. The first-order valence-corrected chi connectivity index (χ1v) is 6.40. The lowest BCUT2D eigenvalue weighted by molar-refractivity contribution is -0.132. The second kappa shape index (κ2) is 5.75. The van der Waals surface area contributed by atoms with Gasteiger partial charge in [-0.15, -0.1) is 0 Å². The van der Waals surface area contributed by atoms with Crippen LogP contribution in [0.1, 0.15) is 10.4 Å². The van der Waals surface area contributed by atoms with E-state index in [1.807, 2.05) is 0 Å². The molecule has 0 aliphatic heterocycles. The highest BCUT2D eigenvalue weighted by Crippen LogP contribution is 2.28. The maximum Gasteiger partial charge on any atom is 0.299 e. The number of Topliss-reactive ketones (excluding diaryl/α,β-unsaturated/α-hetero) is 2. The molecule has 0 fully saturated rings. The molecule has 0 aliphatic rings. The van der Waals surface area contributed by atoms with Gasteiger partial charge in [0, 0.05) is 10.0 Å².